The van der Waals surface area contributed by atoms with Crippen molar-refractivity contribution in [2.24, 2.45) is 5.92 Å². The van der Waals surface area contributed by atoms with Crippen molar-refractivity contribution in [1.82, 2.24) is 5.32 Å². The van der Waals surface area contributed by atoms with Gasteiger partial charge < -0.3 is 5.32 Å². The van der Waals surface area contributed by atoms with Crippen LogP contribution >= 0.6 is 0 Å². The molecule has 0 aromatic heterocycles. The van der Waals surface area contributed by atoms with Crippen LogP contribution in [-0.4, -0.2) is 17.8 Å². The average molecular weight is 209 g/mol. The Morgan fingerprint density at radius 3 is 2.00 bits per heavy atom. The van der Waals surface area contributed by atoms with Gasteiger partial charge in [0.25, 0.3) is 0 Å². The van der Waals surface area contributed by atoms with Crippen LogP contribution in [0.3, 0.4) is 0 Å². The second-order valence-corrected chi connectivity index (χ2v) is 4.75. The first kappa shape index (κ1) is 11.8. The SMILES string of the molecule is CC(C)CC(C)NC1(C(F)(F)F)CC1. The van der Waals surface area contributed by atoms with Crippen molar-refractivity contribution in [3.63, 3.8) is 0 Å². The van der Waals surface area contributed by atoms with Gasteiger partial charge in [-0.15, -0.1) is 0 Å². The fourth-order valence-electron chi connectivity index (χ4n) is 1.87. The molecule has 1 unspecified atom stereocenters. The van der Waals surface area contributed by atoms with Gasteiger partial charge in [-0.1, -0.05) is 13.8 Å². The Labute approximate surface area is 83.1 Å². The summed E-state index contributed by atoms with van der Waals surface area (Å²) in [5.74, 6) is 0.432. The van der Waals surface area contributed by atoms with Gasteiger partial charge in [0.2, 0.25) is 0 Å². The van der Waals surface area contributed by atoms with E-state index in [4.69, 9.17) is 0 Å². The lowest BCUT2D eigenvalue weighted by Gasteiger charge is -2.26. The van der Waals surface area contributed by atoms with Crippen LogP contribution in [0.1, 0.15) is 40.0 Å². The van der Waals surface area contributed by atoms with Crippen molar-refractivity contribution in [2.45, 2.75) is 57.8 Å². The Bertz CT molecular complexity index is 194. The van der Waals surface area contributed by atoms with E-state index in [1.165, 1.54) is 0 Å². The molecule has 0 spiro atoms. The van der Waals surface area contributed by atoms with Gasteiger partial charge in [0.15, 0.2) is 0 Å². The molecule has 1 rings (SSSR count). The van der Waals surface area contributed by atoms with E-state index in [1.54, 1.807) is 0 Å². The maximum Gasteiger partial charge on any atom is 0.406 e. The van der Waals surface area contributed by atoms with Gasteiger partial charge in [-0.2, -0.15) is 13.2 Å². The highest BCUT2D eigenvalue weighted by Gasteiger charge is 2.63. The van der Waals surface area contributed by atoms with Gasteiger partial charge in [-0.25, -0.2) is 0 Å². The Morgan fingerprint density at radius 2 is 1.71 bits per heavy atom. The number of nitrogens with one attached hydrogen (secondary N) is 1. The van der Waals surface area contributed by atoms with Crippen LogP contribution in [0.5, 0.6) is 0 Å². The Morgan fingerprint density at radius 1 is 1.21 bits per heavy atom. The lowest BCUT2D eigenvalue weighted by Crippen LogP contribution is -2.49. The smallest absolute Gasteiger partial charge is 0.301 e. The zero-order valence-corrected chi connectivity index (χ0v) is 8.91. The largest absolute Gasteiger partial charge is 0.406 e. The first-order chi connectivity index (χ1) is 6.27. The molecule has 1 atom stereocenters. The minimum Gasteiger partial charge on any atom is -0.301 e. The van der Waals surface area contributed by atoms with Crippen LogP contribution in [-0.2, 0) is 0 Å². The lowest BCUT2D eigenvalue weighted by molar-refractivity contribution is -0.167. The van der Waals surface area contributed by atoms with Gasteiger partial charge in [0.05, 0.1) is 0 Å². The van der Waals surface area contributed by atoms with Gasteiger partial charge in [-0.3, -0.25) is 0 Å². The summed E-state index contributed by atoms with van der Waals surface area (Å²) >= 11 is 0. The Hall–Kier alpha value is -0.250. The Kier molecular flexibility index (Phi) is 3.14. The predicted molar refractivity (Wildman–Crippen MR) is 50.1 cm³/mol. The monoisotopic (exact) mass is 209 g/mol. The molecule has 0 radical (unpaired) electrons. The van der Waals surface area contributed by atoms with E-state index < -0.39 is 11.7 Å². The molecule has 1 nitrogen and oxygen atoms in total. The van der Waals surface area contributed by atoms with E-state index in [9.17, 15) is 13.2 Å². The maximum absolute atomic E-state index is 12.5. The van der Waals surface area contributed by atoms with Crippen molar-refractivity contribution in [2.75, 3.05) is 0 Å². The molecule has 0 aliphatic heterocycles. The first-order valence-corrected chi connectivity index (χ1v) is 5.11. The molecule has 0 bridgehead atoms. The number of hydrogen-bond donors (Lipinski definition) is 1. The van der Waals surface area contributed by atoms with Crippen LogP contribution < -0.4 is 5.32 Å². The molecule has 0 amide bonds. The van der Waals surface area contributed by atoms with Crippen molar-refractivity contribution < 1.29 is 13.2 Å². The highest BCUT2D eigenvalue weighted by Crippen LogP contribution is 2.49. The number of hydrogen-bond acceptors (Lipinski definition) is 1. The minimum atomic E-state index is -4.09. The molecule has 1 aliphatic carbocycles. The zero-order chi connectivity index (χ0) is 11.0. The van der Waals surface area contributed by atoms with E-state index in [-0.39, 0.29) is 18.9 Å². The summed E-state index contributed by atoms with van der Waals surface area (Å²) in [6.07, 6.45) is -2.83. The average Bonchev–Trinajstić information content (AvgIpc) is 2.64. The minimum absolute atomic E-state index is 0.0564. The summed E-state index contributed by atoms with van der Waals surface area (Å²) in [5, 5.41) is 2.71. The molecule has 0 aromatic carbocycles. The number of rotatable bonds is 4. The quantitative estimate of drug-likeness (QED) is 0.750. The molecule has 1 saturated carbocycles. The third kappa shape index (κ3) is 2.62. The molecule has 1 aliphatic rings. The highest BCUT2D eigenvalue weighted by atomic mass is 19.4. The summed E-state index contributed by atoms with van der Waals surface area (Å²) in [7, 11) is 0. The summed E-state index contributed by atoms with van der Waals surface area (Å²) in [4.78, 5) is 0. The van der Waals surface area contributed by atoms with E-state index in [0.717, 1.165) is 6.42 Å². The van der Waals surface area contributed by atoms with E-state index in [1.807, 2.05) is 20.8 Å². The van der Waals surface area contributed by atoms with Crippen LogP contribution in [0.2, 0.25) is 0 Å². The van der Waals surface area contributed by atoms with Gasteiger partial charge in [0.1, 0.15) is 5.54 Å². The molecule has 0 aromatic rings. The van der Waals surface area contributed by atoms with Gasteiger partial charge >= 0.3 is 6.18 Å². The van der Waals surface area contributed by atoms with Crippen LogP contribution in [0.4, 0.5) is 13.2 Å². The Balaban J connectivity index is 2.44. The summed E-state index contributed by atoms with van der Waals surface area (Å²) < 4.78 is 37.6. The molecule has 1 fully saturated rings. The topological polar surface area (TPSA) is 12.0 Å². The van der Waals surface area contributed by atoms with Crippen LogP contribution in [0, 0.1) is 5.92 Å². The number of halogens is 3. The zero-order valence-electron chi connectivity index (χ0n) is 8.91. The maximum atomic E-state index is 12.5. The highest BCUT2D eigenvalue weighted by molar-refractivity contribution is 5.08. The van der Waals surface area contributed by atoms with Crippen molar-refractivity contribution >= 4 is 0 Å². The molecule has 0 heterocycles. The second-order valence-electron chi connectivity index (χ2n) is 4.75. The van der Waals surface area contributed by atoms with Crippen molar-refractivity contribution in [3.05, 3.63) is 0 Å². The molecule has 14 heavy (non-hydrogen) atoms. The van der Waals surface area contributed by atoms with E-state index in [0.29, 0.717) is 5.92 Å². The molecule has 84 valence electrons. The molecule has 4 heteroatoms. The predicted octanol–water partition coefficient (Wildman–Crippen LogP) is 3.11. The third-order valence-electron chi connectivity index (χ3n) is 2.64. The van der Waals surface area contributed by atoms with Crippen molar-refractivity contribution in [1.29, 1.82) is 0 Å². The molecule has 0 saturated heterocycles. The lowest BCUT2D eigenvalue weighted by atomic mass is 10.0. The third-order valence-corrected chi connectivity index (χ3v) is 2.64. The molecular weight excluding hydrogens is 191 g/mol. The second kappa shape index (κ2) is 3.72. The number of alkyl halides is 3. The van der Waals surface area contributed by atoms with Crippen molar-refractivity contribution in [3.8, 4) is 0 Å². The fourth-order valence-corrected chi connectivity index (χ4v) is 1.87. The molecule has 1 N–H and O–H groups in total. The first-order valence-electron chi connectivity index (χ1n) is 5.11. The van der Waals surface area contributed by atoms with Crippen LogP contribution in [0.25, 0.3) is 0 Å². The van der Waals surface area contributed by atoms with Gasteiger partial charge in [0, 0.05) is 6.04 Å². The standard InChI is InChI=1S/C10H18F3N/c1-7(2)6-8(3)14-9(4-5-9)10(11,12)13/h7-8,14H,4-6H2,1-3H3. The normalized spacial score (nSPS) is 22.5. The summed E-state index contributed by atoms with van der Waals surface area (Å²) in [5.41, 5.74) is -1.55. The van der Waals surface area contributed by atoms with Gasteiger partial charge in [-0.05, 0) is 32.1 Å². The summed E-state index contributed by atoms with van der Waals surface area (Å²) in [6, 6.07) is -0.0564. The van der Waals surface area contributed by atoms with E-state index in [2.05, 4.69) is 5.32 Å². The van der Waals surface area contributed by atoms with E-state index >= 15 is 0 Å². The fraction of sp³-hybridized carbons (Fsp3) is 1.00. The summed E-state index contributed by atoms with van der Waals surface area (Å²) in [6.45, 7) is 5.86. The van der Waals surface area contributed by atoms with Crippen LogP contribution in [0.15, 0.2) is 0 Å². The molecular formula is C10H18F3N.